The number of carbonyl (C=O) groups excluding carboxylic acids is 3. The van der Waals surface area contributed by atoms with E-state index in [4.69, 9.17) is 9.47 Å². The number of benzene rings is 1. The number of piperazine rings is 1. The summed E-state index contributed by atoms with van der Waals surface area (Å²) in [5, 5.41) is 2.13. The fourth-order valence-corrected chi connectivity index (χ4v) is 3.30. The number of nitrogens with zero attached hydrogens (tertiary/aromatic N) is 2. The Morgan fingerprint density at radius 2 is 1.70 bits per heavy atom. The van der Waals surface area contributed by atoms with E-state index in [0.717, 1.165) is 12.1 Å². The Morgan fingerprint density at radius 3 is 2.23 bits per heavy atom. The molecule has 3 rings (SSSR count). The second kappa shape index (κ2) is 8.45. The minimum absolute atomic E-state index is 0.0986. The van der Waals surface area contributed by atoms with Gasteiger partial charge in [-0.2, -0.15) is 0 Å². The van der Waals surface area contributed by atoms with Crippen LogP contribution in [0.15, 0.2) is 12.1 Å². The van der Waals surface area contributed by atoms with E-state index < -0.39 is 41.2 Å². The van der Waals surface area contributed by atoms with Crippen LogP contribution in [0, 0.1) is 11.6 Å². The van der Waals surface area contributed by atoms with E-state index in [9.17, 15) is 23.2 Å². The summed E-state index contributed by atoms with van der Waals surface area (Å²) < 4.78 is 40.0. The molecule has 2 saturated heterocycles. The summed E-state index contributed by atoms with van der Waals surface area (Å²) >= 11 is 0. The molecular weight excluding hydrogens is 400 g/mol. The molecule has 0 aromatic heterocycles. The summed E-state index contributed by atoms with van der Waals surface area (Å²) in [6, 6.07) is 2.03. The van der Waals surface area contributed by atoms with E-state index in [1.54, 1.807) is 20.8 Å². The molecule has 10 heteroatoms. The Morgan fingerprint density at radius 1 is 1.10 bits per heavy atom. The van der Waals surface area contributed by atoms with E-state index in [-0.39, 0.29) is 50.5 Å². The molecule has 0 saturated carbocycles. The van der Waals surface area contributed by atoms with Crippen molar-refractivity contribution in [2.24, 2.45) is 0 Å². The number of hydrogen-bond acceptors (Lipinski definition) is 6. The molecule has 1 atom stereocenters. The van der Waals surface area contributed by atoms with Crippen LogP contribution in [-0.2, 0) is 14.3 Å². The third kappa shape index (κ3) is 5.17. The van der Waals surface area contributed by atoms with Gasteiger partial charge in [0.25, 0.3) is 5.91 Å². The number of piperidine rings is 1. The summed E-state index contributed by atoms with van der Waals surface area (Å²) in [5.74, 6) is -2.82. The number of amides is 3. The van der Waals surface area contributed by atoms with Crippen molar-refractivity contribution in [3.63, 3.8) is 0 Å². The number of anilines is 1. The second-order valence-electron chi connectivity index (χ2n) is 8.25. The zero-order valence-electron chi connectivity index (χ0n) is 17.2. The maximum Gasteiger partial charge on any atom is 0.410 e. The lowest BCUT2D eigenvalue weighted by Crippen LogP contribution is -2.50. The topological polar surface area (TPSA) is 88.2 Å². The lowest BCUT2D eigenvalue weighted by Gasteiger charge is -2.37. The first-order valence-corrected chi connectivity index (χ1v) is 9.76. The SMILES string of the molecule is CC(C)(C)OC(=O)N1CCN(c2c(F)cc(OC3CCC(=O)NC3=O)cc2F)CC1. The number of nitrogens with one attached hydrogen (secondary N) is 1. The van der Waals surface area contributed by atoms with Gasteiger partial charge in [-0.3, -0.25) is 14.9 Å². The van der Waals surface area contributed by atoms with Gasteiger partial charge in [0.15, 0.2) is 17.7 Å². The van der Waals surface area contributed by atoms with Crippen LogP contribution in [0.25, 0.3) is 0 Å². The monoisotopic (exact) mass is 425 g/mol. The predicted molar refractivity (Wildman–Crippen MR) is 103 cm³/mol. The molecule has 0 aliphatic carbocycles. The van der Waals surface area contributed by atoms with E-state index in [1.807, 2.05) is 0 Å². The number of halogens is 2. The first-order chi connectivity index (χ1) is 14.0. The molecule has 30 heavy (non-hydrogen) atoms. The van der Waals surface area contributed by atoms with Crippen LogP contribution >= 0.6 is 0 Å². The largest absolute Gasteiger partial charge is 0.480 e. The van der Waals surface area contributed by atoms with Crippen molar-refractivity contribution >= 4 is 23.6 Å². The van der Waals surface area contributed by atoms with Gasteiger partial charge in [-0.1, -0.05) is 0 Å². The lowest BCUT2D eigenvalue weighted by molar-refractivity contribution is -0.138. The van der Waals surface area contributed by atoms with Crippen LogP contribution < -0.4 is 15.0 Å². The minimum Gasteiger partial charge on any atom is -0.480 e. The van der Waals surface area contributed by atoms with Crippen LogP contribution in [0.4, 0.5) is 19.3 Å². The highest BCUT2D eigenvalue weighted by molar-refractivity contribution is 5.99. The molecule has 3 amide bonds. The smallest absolute Gasteiger partial charge is 0.410 e. The normalized spacial score (nSPS) is 20.1. The Bertz CT molecular complexity index is 824. The summed E-state index contributed by atoms with van der Waals surface area (Å²) in [6.45, 7) is 6.31. The van der Waals surface area contributed by atoms with Crippen LogP contribution in [0.3, 0.4) is 0 Å². The molecule has 8 nitrogen and oxygen atoms in total. The molecule has 0 radical (unpaired) electrons. The van der Waals surface area contributed by atoms with Crippen molar-refractivity contribution in [1.82, 2.24) is 10.2 Å². The van der Waals surface area contributed by atoms with Crippen molar-refractivity contribution in [2.45, 2.75) is 45.3 Å². The Kier molecular flexibility index (Phi) is 6.14. The molecule has 2 heterocycles. The van der Waals surface area contributed by atoms with Gasteiger partial charge in [-0.15, -0.1) is 0 Å². The highest BCUT2D eigenvalue weighted by atomic mass is 19.1. The van der Waals surface area contributed by atoms with Crippen molar-refractivity contribution in [1.29, 1.82) is 0 Å². The quantitative estimate of drug-likeness (QED) is 0.747. The first-order valence-electron chi connectivity index (χ1n) is 9.76. The van der Waals surface area contributed by atoms with E-state index in [2.05, 4.69) is 5.32 Å². The molecule has 0 bridgehead atoms. The molecular formula is C20H25F2N3O5. The number of imide groups is 1. The highest BCUT2D eigenvalue weighted by Gasteiger charge is 2.31. The van der Waals surface area contributed by atoms with Crippen LogP contribution in [0.2, 0.25) is 0 Å². The van der Waals surface area contributed by atoms with Crippen LogP contribution in [-0.4, -0.2) is 60.7 Å². The number of carbonyl (C=O) groups is 3. The number of hydrogen-bond donors (Lipinski definition) is 1. The lowest BCUT2D eigenvalue weighted by atomic mass is 10.1. The zero-order valence-corrected chi connectivity index (χ0v) is 17.2. The summed E-state index contributed by atoms with van der Waals surface area (Å²) in [7, 11) is 0. The van der Waals surface area contributed by atoms with Gasteiger partial charge in [0.05, 0.1) is 0 Å². The third-order valence-corrected chi connectivity index (χ3v) is 4.70. The average Bonchev–Trinajstić information content (AvgIpc) is 2.63. The minimum atomic E-state index is -0.982. The first kappa shape index (κ1) is 21.8. The van der Waals surface area contributed by atoms with Gasteiger partial charge >= 0.3 is 6.09 Å². The third-order valence-electron chi connectivity index (χ3n) is 4.70. The van der Waals surface area contributed by atoms with E-state index >= 15 is 0 Å². The predicted octanol–water partition coefficient (Wildman–Crippen LogP) is 2.21. The molecule has 1 unspecified atom stereocenters. The van der Waals surface area contributed by atoms with Gasteiger partial charge < -0.3 is 19.3 Å². The Hall–Kier alpha value is -2.91. The summed E-state index contributed by atoms with van der Waals surface area (Å²) in [6.07, 6.45) is -1.20. The number of rotatable bonds is 3. The summed E-state index contributed by atoms with van der Waals surface area (Å²) in [5.41, 5.74) is -0.834. The van der Waals surface area contributed by atoms with Crippen LogP contribution in [0.5, 0.6) is 5.75 Å². The standard InChI is InChI=1S/C20H25F2N3O5/c1-20(2,3)30-19(28)25-8-6-24(7-9-25)17-13(21)10-12(11-14(17)22)29-15-4-5-16(26)23-18(15)27/h10-11,15H,4-9H2,1-3H3,(H,23,26,27). The van der Waals surface area contributed by atoms with Gasteiger partial charge in [0, 0.05) is 51.2 Å². The van der Waals surface area contributed by atoms with Gasteiger partial charge in [0.2, 0.25) is 5.91 Å². The van der Waals surface area contributed by atoms with Crippen molar-refractivity contribution < 1.29 is 32.6 Å². The molecule has 1 N–H and O–H groups in total. The second-order valence-corrected chi connectivity index (χ2v) is 8.25. The summed E-state index contributed by atoms with van der Waals surface area (Å²) in [4.78, 5) is 38.1. The molecule has 1 aromatic carbocycles. The molecule has 0 spiro atoms. The maximum absolute atomic E-state index is 14.7. The number of ether oxygens (including phenoxy) is 2. The molecule has 2 aliphatic rings. The molecule has 164 valence electrons. The van der Waals surface area contributed by atoms with Crippen molar-refractivity contribution in [2.75, 3.05) is 31.1 Å². The van der Waals surface area contributed by atoms with Gasteiger partial charge in [-0.05, 0) is 20.8 Å². The molecule has 1 aromatic rings. The maximum atomic E-state index is 14.7. The van der Waals surface area contributed by atoms with E-state index in [0.29, 0.717) is 0 Å². The van der Waals surface area contributed by atoms with Crippen molar-refractivity contribution in [3.8, 4) is 5.75 Å². The Balaban J connectivity index is 1.64. The van der Waals surface area contributed by atoms with Gasteiger partial charge in [-0.25, -0.2) is 13.6 Å². The fraction of sp³-hybridized carbons (Fsp3) is 0.550. The average molecular weight is 425 g/mol. The van der Waals surface area contributed by atoms with Gasteiger partial charge in [0.1, 0.15) is 17.0 Å². The highest BCUT2D eigenvalue weighted by Crippen LogP contribution is 2.30. The Labute approximate surface area is 173 Å². The molecule has 2 aliphatic heterocycles. The van der Waals surface area contributed by atoms with Crippen LogP contribution in [0.1, 0.15) is 33.6 Å². The zero-order chi connectivity index (χ0) is 22.1. The fourth-order valence-electron chi connectivity index (χ4n) is 3.30. The van der Waals surface area contributed by atoms with E-state index in [1.165, 1.54) is 9.80 Å². The van der Waals surface area contributed by atoms with Crippen molar-refractivity contribution in [3.05, 3.63) is 23.8 Å². The molecule has 2 fully saturated rings.